The van der Waals surface area contributed by atoms with E-state index in [9.17, 15) is 4.79 Å². The molecule has 4 atom stereocenters. The van der Waals surface area contributed by atoms with E-state index >= 15 is 0 Å². The van der Waals surface area contributed by atoms with Gasteiger partial charge in [0.15, 0.2) is 0 Å². The molecular formula is C11H18O3. The fourth-order valence-corrected chi connectivity index (χ4v) is 2.54. The smallest absolute Gasteiger partial charge is 0.306 e. The first-order chi connectivity index (χ1) is 6.70. The molecule has 0 spiro atoms. The molecule has 3 nitrogen and oxygen atoms in total. The minimum Gasteiger partial charge on any atom is -0.466 e. The van der Waals surface area contributed by atoms with E-state index in [1.807, 2.05) is 6.92 Å². The van der Waals surface area contributed by atoms with Crippen molar-refractivity contribution in [3.8, 4) is 0 Å². The number of carbonyl (C=O) groups is 1. The third-order valence-corrected chi connectivity index (χ3v) is 3.16. The van der Waals surface area contributed by atoms with Crippen molar-refractivity contribution >= 4 is 5.97 Å². The molecule has 2 rings (SSSR count). The van der Waals surface area contributed by atoms with Crippen LogP contribution in [0.5, 0.6) is 0 Å². The molecule has 2 aliphatic rings. The molecule has 0 aromatic heterocycles. The van der Waals surface area contributed by atoms with E-state index in [0.29, 0.717) is 37.1 Å². The number of hydrogen-bond donors (Lipinski definition) is 0. The Balaban J connectivity index is 1.82. The van der Waals surface area contributed by atoms with Gasteiger partial charge in [0.2, 0.25) is 0 Å². The van der Waals surface area contributed by atoms with Crippen LogP contribution in [-0.2, 0) is 14.3 Å². The maximum atomic E-state index is 11.3. The second kappa shape index (κ2) is 3.89. The summed E-state index contributed by atoms with van der Waals surface area (Å²) in [5.41, 5.74) is 0. The Morgan fingerprint density at radius 2 is 2.29 bits per heavy atom. The zero-order valence-electron chi connectivity index (χ0n) is 8.86. The molecule has 14 heavy (non-hydrogen) atoms. The van der Waals surface area contributed by atoms with Crippen LogP contribution < -0.4 is 0 Å². The Labute approximate surface area is 84.8 Å². The highest BCUT2D eigenvalue weighted by Gasteiger charge is 2.49. The molecule has 2 fully saturated rings. The molecule has 1 aliphatic carbocycles. The van der Waals surface area contributed by atoms with E-state index in [1.54, 1.807) is 0 Å². The number of fused-ring (bicyclic) bond motifs is 1. The van der Waals surface area contributed by atoms with Crippen LogP contribution in [0.1, 0.15) is 33.1 Å². The SMILES string of the molecule is CCOC(=O)C[C@@H]1C[C@H](C)C[C@H]2O[C@@H]12. The normalized spacial score (nSPS) is 40.1. The zero-order valence-corrected chi connectivity index (χ0v) is 8.86. The van der Waals surface area contributed by atoms with Crippen molar-refractivity contribution in [3.05, 3.63) is 0 Å². The number of hydrogen-bond acceptors (Lipinski definition) is 3. The van der Waals surface area contributed by atoms with Gasteiger partial charge in [0.05, 0.1) is 25.2 Å². The lowest BCUT2D eigenvalue weighted by atomic mass is 9.81. The molecule has 0 amide bonds. The highest BCUT2D eigenvalue weighted by Crippen LogP contribution is 2.44. The molecular weight excluding hydrogens is 180 g/mol. The van der Waals surface area contributed by atoms with Crippen LogP contribution in [0.2, 0.25) is 0 Å². The monoisotopic (exact) mass is 198 g/mol. The summed E-state index contributed by atoms with van der Waals surface area (Å²) in [4.78, 5) is 11.3. The van der Waals surface area contributed by atoms with E-state index in [0.717, 1.165) is 6.42 Å². The Hall–Kier alpha value is -0.570. The van der Waals surface area contributed by atoms with Crippen molar-refractivity contribution in [2.24, 2.45) is 11.8 Å². The summed E-state index contributed by atoms with van der Waals surface area (Å²) in [6.45, 7) is 4.56. The Bertz CT molecular complexity index is 227. The van der Waals surface area contributed by atoms with Crippen LogP contribution in [0.15, 0.2) is 0 Å². The van der Waals surface area contributed by atoms with Crippen LogP contribution in [0.4, 0.5) is 0 Å². The van der Waals surface area contributed by atoms with Gasteiger partial charge in [-0.1, -0.05) is 6.92 Å². The van der Waals surface area contributed by atoms with Gasteiger partial charge in [-0.2, -0.15) is 0 Å². The first kappa shape index (κ1) is 9.97. The second-order valence-corrected chi connectivity index (χ2v) is 4.48. The summed E-state index contributed by atoms with van der Waals surface area (Å²) < 4.78 is 10.5. The summed E-state index contributed by atoms with van der Waals surface area (Å²) in [5, 5.41) is 0. The molecule has 0 radical (unpaired) electrons. The van der Waals surface area contributed by atoms with Gasteiger partial charge in [-0.3, -0.25) is 4.79 Å². The van der Waals surface area contributed by atoms with E-state index in [2.05, 4.69) is 6.92 Å². The van der Waals surface area contributed by atoms with Crippen LogP contribution in [-0.4, -0.2) is 24.8 Å². The van der Waals surface area contributed by atoms with Crippen LogP contribution in [0.25, 0.3) is 0 Å². The van der Waals surface area contributed by atoms with Crippen molar-refractivity contribution in [3.63, 3.8) is 0 Å². The minimum atomic E-state index is -0.0687. The van der Waals surface area contributed by atoms with Gasteiger partial charge < -0.3 is 9.47 Å². The van der Waals surface area contributed by atoms with Gasteiger partial charge in [0, 0.05) is 0 Å². The summed E-state index contributed by atoms with van der Waals surface area (Å²) in [6, 6.07) is 0. The van der Waals surface area contributed by atoms with Crippen molar-refractivity contribution in [1.82, 2.24) is 0 Å². The lowest BCUT2D eigenvalue weighted by Gasteiger charge is -2.22. The Morgan fingerprint density at radius 3 is 3.00 bits per heavy atom. The predicted octanol–water partition coefficient (Wildman–Crippen LogP) is 1.75. The zero-order chi connectivity index (χ0) is 10.1. The molecule has 0 unspecified atom stereocenters. The molecule has 1 heterocycles. The summed E-state index contributed by atoms with van der Waals surface area (Å²) in [6.07, 6.45) is 3.62. The fraction of sp³-hybridized carbons (Fsp3) is 0.909. The number of carbonyl (C=O) groups excluding carboxylic acids is 1. The van der Waals surface area contributed by atoms with Gasteiger partial charge in [0.25, 0.3) is 0 Å². The van der Waals surface area contributed by atoms with Crippen LogP contribution in [0, 0.1) is 11.8 Å². The highest BCUT2D eigenvalue weighted by atomic mass is 16.6. The van der Waals surface area contributed by atoms with Crippen molar-refractivity contribution in [2.75, 3.05) is 6.61 Å². The molecule has 0 N–H and O–H groups in total. The van der Waals surface area contributed by atoms with Gasteiger partial charge in [-0.15, -0.1) is 0 Å². The molecule has 1 saturated carbocycles. The average molecular weight is 198 g/mol. The third kappa shape index (κ3) is 2.08. The quantitative estimate of drug-likeness (QED) is 0.512. The highest BCUT2D eigenvalue weighted by molar-refractivity contribution is 5.69. The van der Waals surface area contributed by atoms with Gasteiger partial charge in [-0.05, 0) is 31.6 Å². The predicted molar refractivity (Wildman–Crippen MR) is 51.8 cm³/mol. The first-order valence-electron chi connectivity index (χ1n) is 5.51. The van der Waals surface area contributed by atoms with Crippen molar-refractivity contribution in [1.29, 1.82) is 0 Å². The lowest BCUT2D eigenvalue weighted by Crippen LogP contribution is -2.24. The first-order valence-corrected chi connectivity index (χ1v) is 5.51. The summed E-state index contributed by atoms with van der Waals surface area (Å²) in [7, 11) is 0. The van der Waals surface area contributed by atoms with Crippen LogP contribution >= 0.6 is 0 Å². The lowest BCUT2D eigenvalue weighted by molar-refractivity contribution is -0.144. The summed E-state index contributed by atoms with van der Waals surface area (Å²) >= 11 is 0. The molecule has 80 valence electrons. The molecule has 1 saturated heterocycles. The van der Waals surface area contributed by atoms with Crippen molar-refractivity contribution in [2.45, 2.75) is 45.3 Å². The van der Waals surface area contributed by atoms with Gasteiger partial charge in [-0.25, -0.2) is 0 Å². The van der Waals surface area contributed by atoms with Gasteiger partial charge >= 0.3 is 5.97 Å². The molecule has 1 aliphatic heterocycles. The van der Waals surface area contributed by atoms with Crippen molar-refractivity contribution < 1.29 is 14.3 Å². The number of esters is 1. The van der Waals surface area contributed by atoms with E-state index < -0.39 is 0 Å². The molecule has 0 bridgehead atoms. The van der Waals surface area contributed by atoms with E-state index in [4.69, 9.17) is 9.47 Å². The van der Waals surface area contributed by atoms with Gasteiger partial charge in [0.1, 0.15) is 0 Å². The fourth-order valence-electron chi connectivity index (χ4n) is 2.54. The topological polar surface area (TPSA) is 38.8 Å². The van der Waals surface area contributed by atoms with E-state index in [-0.39, 0.29) is 5.97 Å². The number of rotatable bonds is 3. The Kier molecular flexibility index (Phi) is 2.77. The molecule has 0 aromatic rings. The molecule has 0 aromatic carbocycles. The number of ether oxygens (including phenoxy) is 2. The maximum absolute atomic E-state index is 11.3. The molecule has 3 heteroatoms. The summed E-state index contributed by atoms with van der Waals surface area (Å²) in [5.74, 6) is 1.03. The second-order valence-electron chi connectivity index (χ2n) is 4.48. The largest absolute Gasteiger partial charge is 0.466 e. The maximum Gasteiger partial charge on any atom is 0.306 e. The van der Waals surface area contributed by atoms with Crippen LogP contribution in [0.3, 0.4) is 0 Å². The Morgan fingerprint density at radius 1 is 1.50 bits per heavy atom. The third-order valence-electron chi connectivity index (χ3n) is 3.16. The standard InChI is InChI=1S/C11H18O3/c1-3-13-10(12)6-8-4-7(2)5-9-11(8)14-9/h7-9,11H,3-6H2,1-2H3/t7-,8-,9+,11-/m0/s1. The minimum absolute atomic E-state index is 0.0687. The van der Waals surface area contributed by atoms with E-state index in [1.165, 1.54) is 6.42 Å². The average Bonchev–Trinajstić information content (AvgIpc) is 2.83. The number of epoxide rings is 1.